The van der Waals surface area contributed by atoms with E-state index in [0.29, 0.717) is 67.2 Å². The predicted octanol–water partition coefficient (Wildman–Crippen LogP) is 28.5. The van der Waals surface area contributed by atoms with Gasteiger partial charge in [-0.1, -0.05) is 346 Å². The average Bonchev–Trinajstić information content (AvgIpc) is 1.31. The fourth-order valence-electron chi connectivity index (χ4n) is 17.0. The van der Waals surface area contributed by atoms with Crippen molar-refractivity contribution in [3.63, 3.8) is 0 Å². The maximum Gasteiger partial charge on any atom is 0.253 e. The second-order valence-electron chi connectivity index (χ2n) is 35.8. The van der Waals surface area contributed by atoms with Gasteiger partial charge in [0.15, 0.2) is 0 Å². The first kappa shape index (κ1) is 53.5. The number of para-hydroxylation sites is 4. The minimum atomic E-state index is -1.46. The van der Waals surface area contributed by atoms with Crippen LogP contribution in [0.1, 0.15) is 159 Å². The molecular weight excluding hydrogens is 1390 g/mol. The van der Waals surface area contributed by atoms with Gasteiger partial charge in [-0.15, -0.1) is 0 Å². The summed E-state index contributed by atoms with van der Waals surface area (Å²) in [6.45, 7) is 30.2. The zero-order chi connectivity index (χ0) is 96.8. The Balaban J connectivity index is 1.18. The third-order valence-corrected chi connectivity index (χ3v) is 23.1. The lowest BCUT2D eigenvalue weighted by Crippen LogP contribution is -2.62. The first-order valence-electron chi connectivity index (χ1n) is 49.5. The Hall–Kier alpha value is -12.4. The lowest BCUT2D eigenvalue weighted by Gasteiger charge is -2.48. The SMILES string of the molecule is [2H]c1c(-c2cccc(C(C)(C)C)c2)c2c(c([2H])c1-n1c3c([2H])c([2H])c([2H])c([2H])c3c3c([2H])c([2H])c([2H])c([2H])c31)N(c1c(-c3ccccc3)cc(C(C)(C)C)cc1-c1ccccc1)c1cc(C(C)(C)C)cc3c1B2c1c(-c2cccc(C(C)(C)C)c2)c([2H])c(-n2c4c([2H])c([2H])c([2H])c([2H])c4c4c([2H])c([2H])c([2H])c([2H])c42)c([2H])c1N3c1c(-c2ccccc2)cc(C(C)(C)C)cc1-c1ccccc1. The molecule has 2 aromatic heterocycles. The molecule has 0 spiro atoms. The maximum atomic E-state index is 12.5. The largest absolute Gasteiger partial charge is 0.310 e. The maximum absolute atomic E-state index is 12.5. The zero-order valence-corrected chi connectivity index (χ0v) is 67.5. The van der Waals surface area contributed by atoms with Crippen molar-refractivity contribution >= 4 is 101 Å². The van der Waals surface area contributed by atoms with Crippen LogP contribution in [0.4, 0.5) is 34.1 Å². The molecule has 0 bridgehead atoms. The summed E-state index contributed by atoms with van der Waals surface area (Å²) in [4.78, 5) is 4.24. The van der Waals surface area contributed by atoms with Crippen LogP contribution in [0.5, 0.6) is 0 Å². The number of nitrogens with zero attached hydrogens (tertiary/aromatic N) is 4. The van der Waals surface area contributed by atoms with Gasteiger partial charge in [0.2, 0.25) is 0 Å². The van der Waals surface area contributed by atoms with Gasteiger partial charge in [-0.3, -0.25) is 0 Å². The fourth-order valence-corrected chi connectivity index (χ4v) is 17.0. The number of hydrogen-bond donors (Lipinski definition) is 0. The van der Waals surface area contributed by atoms with Gasteiger partial charge in [0.1, 0.15) is 0 Å². The van der Waals surface area contributed by atoms with Gasteiger partial charge < -0.3 is 18.9 Å². The highest BCUT2D eigenvalue weighted by molar-refractivity contribution is 7.02. The van der Waals surface area contributed by atoms with Gasteiger partial charge in [-0.05, 0) is 201 Å². The normalized spacial score (nSPS) is 15.6. The van der Waals surface area contributed by atoms with E-state index in [0.717, 1.165) is 44.5 Å². The van der Waals surface area contributed by atoms with E-state index in [1.165, 1.54) is 9.13 Å². The molecule has 0 amide bonds. The van der Waals surface area contributed by atoms with Gasteiger partial charge in [-0.2, -0.15) is 0 Å². The quantitative estimate of drug-likeness (QED) is 0.127. The van der Waals surface area contributed by atoms with E-state index in [1.54, 1.807) is 0 Å². The number of benzene rings is 15. The molecule has 2 aliphatic rings. The Morgan fingerprint density at radius 1 is 0.243 bits per heavy atom. The molecular formula is C110H99BN4. The molecule has 0 aliphatic carbocycles. The van der Waals surface area contributed by atoms with E-state index in [2.05, 4.69) is 150 Å². The zero-order valence-electron chi connectivity index (χ0n) is 87.5. The molecule has 4 nitrogen and oxygen atoms in total. The molecule has 17 aromatic rings. The van der Waals surface area contributed by atoms with Crippen LogP contribution in [-0.4, -0.2) is 15.8 Å². The monoisotopic (exact) mass is 1510 g/mol. The van der Waals surface area contributed by atoms with Crippen molar-refractivity contribution in [2.75, 3.05) is 9.80 Å². The summed E-state index contributed by atoms with van der Waals surface area (Å²) in [6, 6.07) is 55.8. The van der Waals surface area contributed by atoms with E-state index in [4.69, 9.17) is 0 Å². The first-order chi connectivity index (χ1) is 63.6. The highest BCUT2D eigenvalue weighted by Gasteiger charge is 2.49. The number of anilines is 6. The van der Waals surface area contributed by atoms with Gasteiger partial charge in [0, 0.05) is 77.9 Å². The first-order valence-corrected chi connectivity index (χ1v) is 39.5. The molecule has 0 fully saturated rings. The van der Waals surface area contributed by atoms with E-state index >= 15 is 0 Å². The fraction of sp³-hybridized carbons (Fsp3) is 0.182. The van der Waals surface area contributed by atoms with Crippen molar-refractivity contribution < 1.29 is 27.4 Å². The molecule has 0 unspecified atom stereocenters. The van der Waals surface area contributed by atoms with Crippen LogP contribution < -0.4 is 26.2 Å². The minimum Gasteiger partial charge on any atom is -0.310 e. The number of rotatable bonds is 10. The van der Waals surface area contributed by atoms with E-state index in [1.807, 2.05) is 170 Å². The Kier molecular flexibility index (Phi) is 12.6. The molecule has 19 rings (SSSR count). The van der Waals surface area contributed by atoms with Crippen LogP contribution in [0, 0.1) is 0 Å². The molecule has 115 heavy (non-hydrogen) atoms. The summed E-state index contributed by atoms with van der Waals surface area (Å²) in [5, 5.41) is -1.14. The lowest BCUT2D eigenvalue weighted by molar-refractivity contribution is 0.590. The molecule has 562 valence electrons. The third kappa shape index (κ3) is 12.3. The van der Waals surface area contributed by atoms with Crippen LogP contribution in [0.3, 0.4) is 0 Å². The Bertz CT molecular complexity index is 7260. The molecule has 2 aliphatic heterocycles. The van der Waals surface area contributed by atoms with Crippen LogP contribution in [-0.2, 0) is 27.1 Å². The Morgan fingerprint density at radius 3 is 0.800 bits per heavy atom. The highest BCUT2D eigenvalue weighted by atomic mass is 15.2. The minimum absolute atomic E-state index is 0.0658. The number of aromatic nitrogens is 2. The third-order valence-electron chi connectivity index (χ3n) is 23.1. The van der Waals surface area contributed by atoms with E-state index in [9.17, 15) is 27.4 Å². The average molecular weight is 1510 g/mol. The Morgan fingerprint density at radius 2 is 0.513 bits per heavy atom. The molecule has 0 atom stereocenters. The van der Waals surface area contributed by atoms with Crippen LogP contribution in [0.15, 0.2) is 327 Å². The van der Waals surface area contributed by atoms with Crippen molar-refractivity contribution in [1.29, 1.82) is 0 Å². The predicted molar refractivity (Wildman–Crippen MR) is 495 cm³/mol. The van der Waals surface area contributed by atoms with Gasteiger partial charge in [-0.25, -0.2) is 0 Å². The summed E-state index contributed by atoms with van der Waals surface area (Å²) in [6.07, 6.45) is 0. The summed E-state index contributed by atoms with van der Waals surface area (Å²) < 4.78 is 209. The smallest absolute Gasteiger partial charge is 0.253 e. The molecule has 0 saturated heterocycles. The van der Waals surface area contributed by atoms with Crippen molar-refractivity contribution in [2.45, 2.75) is 131 Å². The highest BCUT2D eigenvalue weighted by Crippen LogP contribution is 2.57. The molecule has 0 N–H and O–H groups in total. The summed E-state index contributed by atoms with van der Waals surface area (Å²) >= 11 is 0. The summed E-state index contributed by atoms with van der Waals surface area (Å²) in [7, 11) is 0. The van der Waals surface area contributed by atoms with Gasteiger partial charge >= 0.3 is 0 Å². The van der Waals surface area contributed by atoms with Crippen LogP contribution >= 0.6 is 0 Å². The van der Waals surface area contributed by atoms with Gasteiger partial charge in [0.25, 0.3) is 6.71 Å². The van der Waals surface area contributed by atoms with E-state index < -0.39 is 155 Å². The summed E-state index contributed by atoms with van der Waals surface area (Å²) in [5.74, 6) is 0. The molecule has 0 saturated carbocycles. The molecule has 5 heteroatoms. The lowest BCUT2D eigenvalue weighted by atomic mass is 9.31. The van der Waals surface area contributed by atoms with Crippen LogP contribution in [0.2, 0.25) is 0 Å². The Labute approximate surface area is 707 Å². The molecule has 15 aromatic carbocycles. The van der Waals surface area contributed by atoms with Crippen LogP contribution in [0.25, 0.3) is 122 Å². The topological polar surface area (TPSA) is 16.3 Å². The van der Waals surface area contributed by atoms with Gasteiger partial charge in [0.05, 0.1) is 60.9 Å². The number of hydrogen-bond acceptors (Lipinski definition) is 2. The second kappa shape index (κ2) is 27.1. The van der Waals surface area contributed by atoms with Crippen molar-refractivity contribution in [1.82, 2.24) is 9.13 Å². The molecule has 0 radical (unpaired) electrons. The second-order valence-corrected chi connectivity index (χ2v) is 35.8. The van der Waals surface area contributed by atoms with E-state index in [-0.39, 0.29) is 88.4 Å². The molecule has 4 heterocycles. The number of fused-ring (bicyclic) bond motifs is 10. The standard InChI is InChI=1S/C110H99BN4/c1-106(2,3)76-48-36-46-74(58-76)87-66-81(112-93-54-32-28-50-83(93)84-51-29-33-55-94(84)112)68-99-101(87)111-102-88(75-47-37-49-77(59-75)107(4,5)6)67-82(113-95-56-34-30-52-85(95)86-53-31-35-57-96(86)113)69-100(102)115(105-91(72-42-24-18-25-43-72)62-79(109(10,11)12)63-92(105)73-44-26-19-27-45-73)98-65-80(110(13,14)15)64-97(103(98)111)114(99)104-89(70-38-20-16-21-39-70)60-78(108(7,8)9)61-90(104)71-40-22-17-23-41-71/h16-69H,1-15H3/i28D,29D,30D,31D,32D,33D,34D,35D,50D,51D,52D,53D,54D,55D,56D,57D,66D,67D,68D,69D. The van der Waals surface area contributed by atoms with Crippen molar-refractivity contribution in [3.8, 4) is 78.1 Å². The summed E-state index contributed by atoms with van der Waals surface area (Å²) in [5.41, 5.74) is 8.49. The van der Waals surface area contributed by atoms with Crippen molar-refractivity contribution in [2.24, 2.45) is 0 Å². The van der Waals surface area contributed by atoms with Crippen molar-refractivity contribution in [3.05, 3.63) is 355 Å².